The molecule has 1 atom stereocenters. The topological polar surface area (TPSA) is 87.5 Å². The lowest BCUT2D eigenvalue weighted by atomic mass is 9.94. The van der Waals surface area contributed by atoms with Crippen LogP contribution in [-0.4, -0.2) is 33.9 Å². The minimum Gasteiger partial charge on any atom is -0.493 e. The molecule has 1 aromatic heterocycles. The first-order valence-electron chi connectivity index (χ1n) is 15.0. The Morgan fingerprint density at radius 2 is 1.84 bits per heavy atom. The fourth-order valence-electron chi connectivity index (χ4n) is 5.69. The number of esters is 1. The number of methoxy groups -OCH3 is 1. The van der Waals surface area contributed by atoms with Crippen LogP contribution in [0.2, 0.25) is 5.02 Å². The number of hydrogen-bond donors (Lipinski definition) is 1. The zero-order valence-electron chi connectivity index (χ0n) is 25.1. The van der Waals surface area contributed by atoms with Crippen LogP contribution in [0.5, 0.6) is 11.5 Å². The van der Waals surface area contributed by atoms with Crippen LogP contribution < -0.4 is 14.8 Å². The number of halogens is 2. The van der Waals surface area contributed by atoms with Crippen molar-refractivity contribution in [1.29, 1.82) is 0 Å². The minimum absolute atomic E-state index is 0.0943. The molecule has 1 saturated carbocycles. The second-order valence-corrected chi connectivity index (χ2v) is 13.3. The summed E-state index contributed by atoms with van der Waals surface area (Å²) in [4.78, 5) is 18.7. The molecular formula is C34H34BrClN4O4S. The van der Waals surface area contributed by atoms with Crippen LogP contribution in [0.25, 0.3) is 0 Å². The van der Waals surface area contributed by atoms with Crippen LogP contribution >= 0.6 is 39.3 Å². The highest BCUT2D eigenvalue weighted by Gasteiger charge is 2.37. The van der Waals surface area contributed by atoms with E-state index in [1.807, 2.05) is 61.5 Å². The van der Waals surface area contributed by atoms with Gasteiger partial charge in [0.2, 0.25) is 11.1 Å². The Labute approximate surface area is 280 Å². The standard InChI is InChI=1S/C34H34BrClN4O4S/c1-21-29(32(41)44-25-14-7-4-8-15-25)30(40-33(37-21)38-34(39-40)45-20-22-11-5-3-6-12-22)24-17-26(35)31(28(18-24)42-2)43-19-23-13-9-10-16-27(23)36/h3,5-6,9-13,16-18,25,30H,4,7-8,14-15,19-20H2,1-2H3,(H,37,38,39). The highest BCUT2D eigenvalue weighted by Crippen LogP contribution is 2.44. The van der Waals surface area contributed by atoms with E-state index >= 15 is 0 Å². The van der Waals surface area contributed by atoms with Gasteiger partial charge in [-0.3, -0.25) is 0 Å². The number of allylic oxidation sites excluding steroid dienone is 1. The number of hydrogen-bond acceptors (Lipinski definition) is 8. The van der Waals surface area contributed by atoms with Crippen molar-refractivity contribution < 1.29 is 19.0 Å². The average molecular weight is 710 g/mol. The zero-order chi connectivity index (χ0) is 31.3. The van der Waals surface area contributed by atoms with Crippen molar-refractivity contribution in [2.45, 2.75) is 68.7 Å². The molecule has 234 valence electrons. The molecule has 3 aromatic carbocycles. The van der Waals surface area contributed by atoms with E-state index in [9.17, 15) is 4.79 Å². The third-order valence-corrected chi connectivity index (χ3v) is 9.85. The van der Waals surface area contributed by atoms with E-state index in [-0.39, 0.29) is 18.7 Å². The summed E-state index contributed by atoms with van der Waals surface area (Å²) in [5, 5.41) is 9.44. The molecule has 0 amide bonds. The summed E-state index contributed by atoms with van der Waals surface area (Å²) in [6.45, 7) is 2.14. The largest absolute Gasteiger partial charge is 0.493 e. The summed E-state index contributed by atoms with van der Waals surface area (Å²) in [5.74, 6) is 1.94. The van der Waals surface area contributed by atoms with E-state index in [0.717, 1.165) is 42.6 Å². The number of carbonyl (C=O) groups excluding carboxylic acids is 1. The fraction of sp³-hybridized carbons (Fsp3) is 0.324. The Bertz CT molecular complexity index is 1710. The first kappa shape index (κ1) is 31.5. The van der Waals surface area contributed by atoms with Gasteiger partial charge in [-0.1, -0.05) is 78.3 Å². The third-order valence-electron chi connectivity index (χ3n) is 7.99. The van der Waals surface area contributed by atoms with Gasteiger partial charge >= 0.3 is 5.97 Å². The van der Waals surface area contributed by atoms with Gasteiger partial charge in [0.15, 0.2) is 11.5 Å². The van der Waals surface area contributed by atoms with E-state index in [1.165, 1.54) is 23.7 Å². The Morgan fingerprint density at radius 1 is 1.09 bits per heavy atom. The fourth-order valence-corrected chi connectivity index (χ4v) is 7.24. The lowest BCUT2D eigenvalue weighted by Gasteiger charge is -2.30. The third kappa shape index (κ3) is 7.18. The number of anilines is 1. The van der Waals surface area contributed by atoms with Crippen LogP contribution in [0.15, 0.2) is 87.6 Å². The van der Waals surface area contributed by atoms with Crippen molar-refractivity contribution in [3.63, 3.8) is 0 Å². The number of benzene rings is 3. The van der Waals surface area contributed by atoms with E-state index in [4.69, 9.17) is 35.9 Å². The molecule has 45 heavy (non-hydrogen) atoms. The average Bonchev–Trinajstić information content (AvgIpc) is 3.46. The summed E-state index contributed by atoms with van der Waals surface area (Å²) >= 11 is 11.6. The number of carbonyl (C=O) groups is 1. The maximum atomic E-state index is 13.9. The molecule has 1 fully saturated rings. The number of thioether (sulfide) groups is 1. The molecule has 0 bridgehead atoms. The number of ether oxygens (including phenoxy) is 3. The second kappa shape index (κ2) is 14.3. The number of nitrogens with one attached hydrogen (secondary N) is 1. The Kier molecular flexibility index (Phi) is 10.0. The van der Waals surface area contributed by atoms with Crippen LogP contribution in [-0.2, 0) is 21.9 Å². The van der Waals surface area contributed by atoms with Crippen molar-refractivity contribution >= 4 is 51.2 Å². The van der Waals surface area contributed by atoms with Crippen LogP contribution in [0.3, 0.4) is 0 Å². The van der Waals surface area contributed by atoms with E-state index < -0.39 is 6.04 Å². The van der Waals surface area contributed by atoms with Gasteiger partial charge in [-0.2, -0.15) is 4.98 Å². The summed E-state index contributed by atoms with van der Waals surface area (Å²) in [6.07, 6.45) is 4.95. The summed E-state index contributed by atoms with van der Waals surface area (Å²) in [6, 6.07) is 20.9. The van der Waals surface area contributed by atoms with Gasteiger partial charge in [-0.25, -0.2) is 9.48 Å². The van der Waals surface area contributed by atoms with Crippen molar-refractivity contribution in [2.24, 2.45) is 0 Å². The molecular weight excluding hydrogens is 676 g/mol. The van der Waals surface area contributed by atoms with E-state index in [0.29, 0.717) is 43.4 Å². The van der Waals surface area contributed by atoms with Crippen molar-refractivity contribution in [3.05, 3.63) is 104 Å². The van der Waals surface area contributed by atoms with Gasteiger partial charge in [-0.15, -0.1) is 5.10 Å². The molecule has 6 rings (SSSR count). The molecule has 1 aliphatic heterocycles. The predicted molar refractivity (Wildman–Crippen MR) is 180 cm³/mol. The molecule has 1 N–H and O–H groups in total. The highest BCUT2D eigenvalue weighted by molar-refractivity contribution is 9.10. The summed E-state index contributed by atoms with van der Waals surface area (Å²) in [5.41, 5.74) is 3.96. The molecule has 2 aliphatic rings. The molecule has 0 radical (unpaired) electrons. The van der Waals surface area contributed by atoms with Crippen LogP contribution in [0.4, 0.5) is 5.95 Å². The summed E-state index contributed by atoms with van der Waals surface area (Å²) < 4.78 is 20.6. The van der Waals surface area contributed by atoms with Crippen molar-refractivity contribution in [1.82, 2.24) is 14.8 Å². The molecule has 8 nitrogen and oxygen atoms in total. The van der Waals surface area contributed by atoms with Gasteiger partial charge in [0.25, 0.3) is 0 Å². The van der Waals surface area contributed by atoms with Crippen LogP contribution in [0, 0.1) is 0 Å². The van der Waals surface area contributed by atoms with Gasteiger partial charge < -0.3 is 19.5 Å². The molecule has 2 heterocycles. The molecule has 0 spiro atoms. The second-order valence-electron chi connectivity index (χ2n) is 11.1. The Hall–Kier alpha value is -3.47. The Balaban J connectivity index is 1.35. The molecule has 11 heteroatoms. The van der Waals surface area contributed by atoms with Gasteiger partial charge in [0, 0.05) is 22.0 Å². The number of fused-ring (bicyclic) bond motifs is 1. The molecule has 1 unspecified atom stereocenters. The van der Waals surface area contributed by atoms with Crippen molar-refractivity contribution in [3.8, 4) is 11.5 Å². The maximum Gasteiger partial charge on any atom is 0.338 e. The van der Waals surface area contributed by atoms with Gasteiger partial charge in [0.05, 0.1) is 17.2 Å². The van der Waals surface area contributed by atoms with E-state index in [2.05, 4.69) is 33.4 Å². The Morgan fingerprint density at radius 3 is 2.60 bits per heavy atom. The van der Waals surface area contributed by atoms with E-state index in [1.54, 1.807) is 11.8 Å². The lowest BCUT2D eigenvalue weighted by Crippen LogP contribution is -2.32. The predicted octanol–water partition coefficient (Wildman–Crippen LogP) is 8.74. The zero-order valence-corrected chi connectivity index (χ0v) is 28.3. The maximum absolute atomic E-state index is 13.9. The number of aromatic nitrogens is 3. The normalized spacial score (nSPS) is 16.6. The quantitative estimate of drug-likeness (QED) is 0.129. The lowest BCUT2D eigenvalue weighted by molar-refractivity contribution is -0.146. The minimum atomic E-state index is -0.612. The SMILES string of the molecule is COc1cc(C2C(C(=O)OC3CCCCC3)=C(C)Nc3nc(SCc4ccccc4)nn32)cc(Br)c1OCc1ccccc1Cl. The number of nitrogens with zero attached hydrogens (tertiary/aromatic N) is 3. The highest BCUT2D eigenvalue weighted by atomic mass is 79.9. The monoisotopic (exact) mass is 708 g/mol. The summed E-state index contributed by atoms with van der Waals surface area (Å²) in [7, 11) is 1.59. The first-order chi connectivity index (χ1) is 21.9. The van der Waals surface area contributed by atoms with Gasteiger partial charge in [-0.05, 0) is 77.9 Å². The first-order valence-corrected chi connectivity index (χ1v) is 17.1. The molecule has 0 saturated heterocycles. The number of rotatable bonds is 10. The molecule has 1 aliphatic carbocycles. The molecule has 4 aromatic rings. The van der Waals surface area contributed by atoms with Crippen LogP contribution in [0.1, 0.15) is 61.8 Å². The van der Waals surface area contributed by atoms with Crippen molar-refractivity contribution in [2.75, 3.05) is 12.4 Å². The smallest absolute Gasteiger partial charge is 0.338 e. The van der Waals surface area contributed by atoms with Gasteiger partial charge in [0.1, 0.15) is 18.8 Å².